The highest BCUT2D eigenvalue weighted by molar-refractivity contribution is 5.88. The first-order valence-electron chi connectivity index (χ1n) is 13.3. The number of rotatable bonds is 14. The molecule has 0 saturated heterocycles. The van der Waals surface area contributed by atoms with E-state index >= 15 is 0 Å². The quantitative estimate of drug-likeness (QED) is 0.242. The standard InChI is InChI=1S/C22H29N3O3.C6H8O7/c1-26-20-12-19(13-21-22(20)28-17-27-21)15-25(14-18-6-3-2-4-7-18)10-5-9-24-11-8-23-16-24;7-3(8)1-6(13,5(11)12)2-4(9)10/h2-3,8,11-13,16,18H,4-7,9-10,14-15,17H2,1H3;13H,1-2H2,(H,7,8)(H,9,10)(H,11,12). The Morgan fingerprint density at radius 2 is 1.90 bits per heavy atom. The summed E-state index contributed by atoms with van der Waals surface area (Å²) in [4.78, 5) is 37.2. The molecule has 0 bridgehead atoms. The lowest BCUT2D eigenvalue weighted by atomic mass is 9.93. The van der Waals surface area contributed by atoms with E-state index in [9.17, 15) is 14.4 Å². The van der Waals surface area contributed by atoms with Gasteiger partial charge in [0.1, 0.15) is 0 Å². The minimum Gasteiger partial charge on any atom is -0.493 e. The molecule has 224 valence electrons. The van der Waals surface area contributed by atoms with Crippen molar-refractivity contribution in [2.24, 2.45) is 5.92 Å². The van der Waals surface area contributed by atoms with Crippen LogP contribution in [0.25, 0.3) is 0 Å². The number of aliphatic hydroxyl groups is 1. The second-order valence-electron chi connectivity index (χ2n) is 10.0. The molecule has 0 saturated carbocycles. The molecule has 1 aromatic carbocycles. The van der Waals surface area contributed by atoms with E-state index in [2.05, 4.69) is 38.7 Å². The fourth-order valence-electron chi connectivity index (χ4n) is 4.77. The molecule has 0 spiro atoms. The molecule has 13 nitrogen and oxygen atoms in total. The van der Waals surface area contributed by atoms with E-state index in [0.717, 1.165) is 55.8 Å². The Morgan fingerprint density at radius 1 is 1.15 bits per heavy atom. The maximum Gasteiger partial charge on any atom is 0.336 e. The van der Waals surface area contributed by atoms with Crippen LogP contribution in [0.5, 0.6) is 17.2 Å². The highest BCUT2D eigenvalue weighted by Crippen LogP contribution is 2.42. The van der Waals surface area contributed by atoms with E-state index in [1.165, 1.54) is 24.8 Å². The van der Waals surface area contributed by atoms with Crippen LogP contribution in [-0.4, -0.2) is 85.4 Å². The number of benzene rings is 1. The number of aliphatic carboxylic acids is 3. The smallest absolute Gasteiger partial charge is 0.336 e. The Balaban J connectivity index is 0.000000302. The summed E-state index contributed by atoms with van der Waals surface area (Å²) in [6.07, 6.45) is 12.9. The molecule has 0 amide bonds. The summed E-state index contributed by atoms with van der Waals surface area (Å²) in [5.41, 5.74) is -1.53. The van der Waals surface area contributed by atoms with Gasteiger partial charge >= 0.3 is 17.9 Å². The van der Waals surface area contributed by atoms with Gasteiger partial charge in [-0.1, -0.05) is 12.2 Å². The Kier molecular flexibility index (Phi) is 11.5. The van der Waals surface area contributed by atoms with E-state index in [-0.39, 0.29) is 6.79 Å². The van der Waals surface area contributed by atoms with Crippen LogP contribution in [0.2, 0.25) is 0 Å². The van der Waals surface area contributed by atoms with Crippen LogP contribution < -0.4 is 14.2 Å². The number of imidazole rings is 1. The summed E-state index contributed by atoms with van der Waals surface area (Å²) in [5.74, 6) is -2.03. The van der Waals surface area contributed by atoms with Gasteiger partial charge in [0.15, 0.2) is 17.1 Å². The molecule has 0 radical (unpaired) electrons. The van der Waals surface area contributed by atoms with Crippen LogP contribution >= 0.6 is 0 Å². The lowest BCUT2D eigenvalue weighted by Crippen LogP contribution is -2.42. The number of hydrogen-bond donors (Lipinski definition) is 4. The number of hydrogen-bond acceptors (Lipinski definition) is 9. The zero-order chi connectivity index (χ0) is 29.8. The third-order valence-corrected chi connectivity index (χ3v) is 6.75. The van der Waals surface area contributed by atoms with Gasteiger partial charge in [-0.3, -0.25) is 14.5 Å². The second-order valence-corrected chi connectivity index (χ2v) is 10.0. The first-order chi connectivity index (χ1) is 19.6. The third-order valence-electron chi connectivity index (χ3n) is 6.75. The molecule has 2 aromatic rings. The molecule has 4 N–H and O–H groups in total. The third kappa shape index (κ3) is 9.80. The molecule has 41 heavy (non-hydrogen) atoms. The minimum atomic E-state index is -2.74. The summed E-state index contributed by atoms with van der Waals surface area (Å²) in [6, 6.07) is 4.17. The number of ether oxygens (including phenoxy) is 3. The maximum atomic E-state index is 10.3. The topological polar surface area (TPSA) is 181 Å². The van der Waals surface area contributed by atoms with Crippen LogP contribution in [-0.2, 0) is 27.5 Å². The monoisotopic (exact) mass is 575 g/mol. The summed E-state index contributed by atoms with van der Waals surface area (Å²) in [6.45, 7) is 4.31. The Bertz CT molecular complexity index is 1180. The Hall–Kier alpha value is -4.10. The van der Waals surface area contributed by atoms with Crippen molar-refractivity contribution in [3.63, 3.8) is 0 Å². The molecule has 1 aromatic heterocycles. The van der Waals surface area contributed by atoms with Crippen molar-refractivity contribution >= 4 is 17.9 Å². The van der Waals surface area contributed by atoms with E-state index < -0.39 is 36.4 Å². The molecule has 13 heteroatoms. The second kappa shape index (κ2) is 15.1. The molecule has 1 atom stereocenters. The zero-order valence-electron chi connectivity index (χ0n) is 23.0. The predicted molar refractivity (Wildman–Crippen MR) is 145 cm³/mol. The van der Waals surface area contributed by atoms with Crippen molar-refractivity contribution in [2.75, 3.05) is 27.0 Å². The number of fused-ring (bicyclic) bond motifs is 1. The lowest BCUT2D eigenvalue weighted by molar-refractivity contribution is -0.170. The van der Waals surface area contributed by atoms with Gasteiger partial charge in [-0.15, -0.1) is 0 Å². The summed E-state index contributed by atoms with van der Waals surface area (Å²) < 4.78 is 18.8. The highest BCUT2D eigenvalue weighted by Gasteiger charge is 2.40. The summed E-state index contributed by atoms with van der Waals surface area (Å²) >= 11 is 0. The van der Waals surface area contributed by atoms with Crippen molar-refractivity contribution < 1.29 is 49.0 Å². The van der Waals surface area contributed by atoms with Gasteiger partial charge in [0.2, 0.25) is 12.5 Å². The van der Waals surface area contributed by atoms with Crippen molar-refractivity contribution in [1.29, 1.82) is 0 Å². The molecule has 0 fully saturated rings. The van der Waals surface area contributed by atoms with Gasteiger partial charge in [0.25, 0.3) is 0 Å². The largest absolute Gasteiger partial charge is 0.493 e. The van der Waals surface area contributed by atoms with Crippen molar-refractivity contribution in [3.05, 3.63) is 48.6 Å². The Morgan fingerprint density at radius 3 is 2.49 bits per heavy atom. The highest BCUT2D eigenvalue weighted by atomic mass is 16.7. The fraction of sp³-hybridized carbons (Fsp3) is 0.500. The Labute approximate surface area is 237 Å². The average Bonchev–Trinajstić information content (AvgIpc) is 3.60. The molecule has 1 aliphatic heterocycles. The normalized spacial score (nSPS) is 15.7. The number of nitrogens with zero attached hydrogens (tertiary/aromatic N) is 3. The van der Waals surface area contributed by atoms with Gasteiger partial charge in [-0.25, -0.2) is 9.78 Å². The van der Waals surface area contributed by atoms with E-state index in [4.69, 9.17) is 34.6 Å². The first kappa shape index (κ1) is 31.4. The van der Waals surface area contributed by atoms with Crippen LogP contribution in [0.4, 0.5) is 0 Å². The first-order valence-corrected chi connectivity index (χ1v) is 13.3. The maximum absolute atomic E-state index is 10.3. The van der Waals surface area contributed by atoms with Gasteiger partial charge in [0, 0.05) is 38.6 Å². The molecule has 4 rings (SSSR count). The van der Waals surface area contributed by atoms with Gasteiger partial charge < -0.3 is 39.2 Å². The molecular weight excluding hydrogens is 538 g/mol. The number of carboxylic acid groups (broad SMARTS) is 3. The predicted octanol–water partition coefficient (Wildman–Crippen LogP) is 2.62. The van der Waals surface area contributed by atoms with Crippen molar-refractivity contribution in [2.45, 2.75) is 57.2 Å². The van der Waals surface area contributed by atoms with E-state index in [1.54, 1.807) is 7.11 Å². The van der Waals surface area contributed by atoms with Crippen molar-refractivity contribution in [3.8, 4) is 17.2 Å². The minimum absolute atomic E-state index is 0.262. The zero-order valence-corrected chi connectivity index (χ0v) is 23.0. The fourth-order valence-corrected chi connectivity index (χ4v) is 4.77. The molecular formula is C28H37N3O10. The van der Waals surface area contributed by atoms with Crippen LogP contribution in [0, 0.1) is 5.92 Å². The van der Waals surface area contributed by atoms with Gasteiger partial charge in [0.05, 0.1) is 26.3 Å². The van der Waals surface area contributed by atoms with Gasteiger partial charge in [-0.05, 0) is 49.3 Å². The van der Waals surface area contributed by atoms with Crippen LogP contribution in [0.3, 0.4) is 0 Å². The number of aryl methyl sites for hydroxylation is 1. The summed E-state index contributed by atoms with van der Waals surface area (Å²) in [7, 11) is 1.68. The van der Waals surface area contributed by atoms with E-state index in [1.807, 2.05) is 18.7 Å². The number of carboxylic acids is 3. The van der Waals surface area contributed by atoms with E-state index in [0.29, 0.717) is 0 Å². The SMILES string of the molecule is COc1cc(CN(CCCn2ccnc2)CC2CC=CCC2)cc2c1OCO2.O=C(O)CC(O)(CC(=O)O)C(=O)O. The summed E-state index contributed by atoms with van der Waals surface area (Å²) in [5, 5.41) is 33.8. The number of methoxy groups -OCH3 is 1. The lowest BCUT2D eigenvalue weighted by Gasteiger charge is -2.28. The molecule has 2 aliphatic rings. The van der Waals surface area contributed by atoms with Crippen LogP contribution in [0.1, 0.15) is 44.1 Å². The van der Waals surface area contributed by atoms with Crippen molar-refractivity contribution in [1.82, 2.24) is 14.5 Å². The number of carbonyl (C=O) groups is 3. The molecule has 1 unspecified atom stereocenters. The average molecular weight is 576 g/mol. The number of aromatic nitrogens is 2. The number of allylic oxidation sites excluding steroid dienone is 2. The molecule has 2 heterocycles. The molecule has 1 aliphatic carbocycles. The van der Waals surface area contributed by atoms with Gasteiger partial charge in [-0.2, -0.15) is 0 Å². The van der Waals surface area contributed by atoms with Crippen LogP contribution in [0.15, 0.2) is 43.0 Å².